The van der Waals surface area contributed by atoms with Crippen LogP contribution >= 0.6 is 0 Å². The number of alkyl halides is 4. The van der Waals surface area contributed by atoms with E-state index in [-0.39, 0.29) is 50.3 Å². The third-order valence-corrected chi connectivity index (χ3v) is 9.23. The second-order valence-electron chi connectivity index (χ2n) is 12.0. The molecule has 1 aromatic rings. The van der Waals surface area contributed by atoms with Gasteiger partial charge in [0.2, 0.25) is 11.6 Å². The van der Waals surface area contributed by atoms with Crippen LogP contribution in [0, 0.1) is 11.3 Å². The maximum Gasteiger partial charge on any atom is 0.395 e. The minimum Gasteiger partial charge on any atom is -0.493 e. The highest BCUT2D eigenvalue weighted by Gasteiger charge is 2.58. The van der Waals surface area contributed by atoms with Crippen LogP contribution in [-0.4, -0.2) is 83.5 Å². The molecule has 11 heteroatoms. The molecule has 2 amide bonds. The molecule has 3 fully saturated rings. The Morgan fingerprint density at radius 3 is 2.39 bits per heavy atom. The molecule has 1 saturated carbocycles. The smallest absolute Gasteiger partial charge is 0.395 e. The summed E-state index contributed by atoms with van der Waals surface area (Å²) in [4.78, 5) is 28.2. The number of carbonyl (C=O) groups is 2. The number of nitrogens with zero attached hydrogens (tertiary/aromatic N) is 2. The summed E-state index contributed by atoms with van der Waals surface area (Å²) in [5, 5.41) is 10.00. The van der Waals surface area contributed by atoms with E-state index in [1.54, 1.807) is 36.4 Å². The number of carbonyl (C=O) groups excluding carboxylic acids is 2. The van der Waals surface area contributed by atoms with E-state index in [9.17, 15) is 27.9 Å². The van der Waals surface area contributed by atoms with E-state index in [1.807, 2.05) is 4.90 Å². The van der Waals surface area contributed by atoms with E-state index in [1.165, 1.54) is 6.08 Å². The third-order valence-electron chi connectivity index (χ3n) is 9.23. The average Bonchev–Trinajstić information content (AvgIpc) is 3.31. The van der Waals surface area contributed by atoms with Crippen LogP contribution in [-0.2, 0) is 9.59 Å². The highest BCUT2D eigenvalue weighted by molar-refractivity contribution is 6.02. The van der Waals surface area contributed by atoms with E-state index >= 15 is 4.39 Å². The van der Waals surface area contributed by atoms with Crippen LogP contribution in [0.5, 0.6) is 5.75 Å². The molecule has 2 aliphatic carbocycles. The minimum atomic E-state index is -4.15. The Kier molecular flexibility index (Phi) is 8.22. The molecule has 5 rings (SSSR count). The van der Waals surface area contributed by atoms with Crippen LogP contribution in [0.3, 0.4) is 0 Å². The van der Waals surface area contributed by atoms with Gasteiger partial charge >= 0.3 is 6.18 Å². The average molecular weight is 580 g/mol. The van der Waals surface area contributed by atoms with Crippen molar-refractivity contribution in [3.8, 4) is 5.75 Å². The fraction of sp³-hybridized carbons (Fsp3) is 0.600. The Morgan fingerprint density at radius 1 is 1.12 bits per heavy atom. The number of rotatable bonds is 8. The molecule has 0 radical (unpaired) electrons. The van der Waals surface area contributed by atoms with Crippen molar-refractivity contribution in [1.82, 2.24) is 9.80 Å². The fourth-order valence-electron chi connectivity index (χ4n) is 6.52. The molecular formula is C30H37F4N3O4. The maximum atomic E-state index is 16.4. The zero-order valence-corrected chi connectivity index (χ0v) is 22.9. The molecule has 0 aromatic heterocycles. The topological polar surface area (TPSA) is 96.1 Å². The first-order chi connectivity index (χ1) is 19.4. The summed E-state index contributed by atoms with van der Waals surface area (Å²) in [5.74, 6) is -0.893. The lowest BCUT2D eigenvalue weighted by molar-refractivity contribution is -0.256. The number of aliphatic hydroxyl groups excluding tert-OH is 1. The van der Waals surface area contributed by atoms with Gasteiger partial charge in [-0.25, -0.2) is 4.39 Å². The van der Waals surface area contributed by atoms with Gasteiger partial charge in [-0.2, -0.15) is 13.2 Å². The number of piperidine rings is 1. The quantitative estimate of drug-likeness (QED) is 0.454. The van der Waals surface area contributed by atoms with Crippen molar-refractivity contribution in [2.24, 2.45) is 17.1 Å². The number of amides is 2. The van der Waals surface area contributed by atoms with Gasteiger partial charge in [0, 0.05) is 31.5 Å². The van der Waals surface area contributed by atoms with E-state index in [4.69, 9.17) is 10.5 Å². The van der Waals surface area contributed by atoms with Gasteiger partial charge in [0.25, 0.3) is 5.91 Å². The second kappa shape index (κ2) is 11.4. The zero-order valence-electron chi connectivity index (χ0n) is 22.9. The van der Waals surface area contributed by atoms with Crippen molar-refractivity contribution in [3.63, 3.8) is 0 Å². The molecule has 1 aromatic carbocycles. The van der Waals surface area contributed by atoms with Crippen molar-refractivity contribution in [2.75, 3.05) is 32.8 Å². The number of aliphatic hydroxyl groups is 1. The van der Waals surface area contributed by atoms with Crippen molar-refractivity contribution >= 4 is 17.4 Å². The number of ether oxygens (including phenoxy) is 1. The van der Waals surface area contributed by atoms with Crippen LogP contribution in [0.1, 0.15) is 50.5 Å². The molecule has 3 atom stereocenters. The molecule has 2 aliphatic heterocycles. The molecule has 0 bridgehead atoms. The Morgan fingerprint density at radius 2 is 1.80 bits per heavy atom. The molecule has 1 unspecified atom stereocenters. The summed E-state index contributed by atoms with van der Waals surface area (Å²) in [6.07, 6.45) is 2.00. The lowest BCUT2D eigenvalue weighted by Gasteiger charge is -2.47. The Labute approximate surface area is 237 Å². The van der Waals surface area contributed by atoms with E-state index < -0.39 is 41.2 Å². The van der Waals surface area contributed by atoms with Crippen molar-refractivity contribution < 1.29 is 37.0 Å². The van der Waals surface area contributed by atoms with Crippen LogP contribution in [0.4, 0.5) is 17.6 Å². The molecule has 7 nitrogen and oxygen atoms in total. The number of halogens is 4. The lowest BCUT2D eigenvalue weighted by Crippen LogP contribution is -2.53. The highest BCUT2D eigenvalue weighted by Crippen LogP contribution is 2.53. The van der Waals surface area contributed by atoms with Crippen LogP contribution in [0.25, 0.3) is 5.57 Å². The molecule has 224 valence electrons. The van der Waals surface area contributed by atoms with Crippen molar-refractivity contribution in [2.45, 2.75) is 68.9 Å². The summed E-state index contributed by atoms with van der Waals surface area (Å²) in [5.41, 5.74) is 2.08. The lowest BCUT2D eigenvalue weighted by atomic mass is 9.67. The highest BCUT2D eigenvalue weighted by atomic mass is 19.4. The largest absolute Gasteiger partial charge is 0.493 e. The Balaban J connectivity index is 1.17. The second-order valence-corrected chi connectivity index (χ2v) is 12.0. The number of benzene rings is 1. The fourth-order valence-corrected chi connectivity index (χ4v) is 6.52. The summed E-state index contributed by atoms with van der Waals surface area (Å²) in [6, 6.07) is 5.67. The van der Waals surface area contributed by atoms with Gasteiger partial charge in [0.1, 0.15) is 11.8 Å². The van der Waals surface area contributed by atoms with E-state index in [0.29, 0.717) is 37.4 Å². The van der Waals surface area contributed by atoms with Crippen LogP contribution in [0.15, 0.2) is 42.5 Å². The normalized spacial score (nSPS) is 28.7. The van der Waals surface area contributed by atoms with Gasteiger partial charge in [0.15, 0.2) is 0 Å². The molecule has 41 heavy (non-hydrogen) atoms. The van der Waals surface area contributed by atoms with Crippen LogP contribution in [0.2, 0.25) is 0 Å². The Hall–Kier alpha value is -2.92. The molecule has 0 spiro atoms. The minimum absolute atomic E-state index is 0.0224. The van der Waals surface area contributed by atoms with Gasteiger partial charge in [-0.3, -0.25) is 9.59 Å². The number of hydrogen-bond donors (Lipinski definition) is 2. The summed E-state index contributed by atoms with van der Waals surface area (Å²) in [6.45, 7) is 1.58. The number of hydrogen-bond acceptors (Lipinski definition) is 5. The van der Waals surface area contributed by atoms with Gasteiger partial charge in [-0.1, -0.05) is 36.8 Å². The molecule has 2 saturated heterocycles. The summed E-state index contributed by atoms with van der Waals surface area (Å²) < 4.78 is 63.0. The van der Waals surface area contributed by atoms with Gasteiger partial charge in [-0.15, -0.1) is 0 Å². The monoisotopic (exact) mass is 579 g/mol. The predicted molar refractivity (Wildman–Crippen MR) is 144 cm³/mol. The van der Waals surface area contributed by atoms with Crippen LogP contribution < -0.4 is 10.5 Å². The molecular weight excluding hydrogens is 542 g/mol. The van der Waals surface area contributed by atoms with Crippen molar-refractivity contribution in [1.29, 1.82) is 0 Å². The standard InChI is InChI=1S/C30H37F4N3O4/c31-29(27(40)37-17-22(38)16-25(37)26(35)39)13-2-1-4-24(29)21-5-7-23(8-6-21)41-18-20-9-14-36(15-10-20)19-28(11-3-12-28)30(32,33)34/h1-2,4-8,20,22,25,38H,3,9-19H2,(H2,35,39)/t22-,25+,29?/m1/s1. The van der Waals surface area contributed by atoms with E-state index in [2.05, 4.69) is 0 Å². The SMILES string of the molecule is NC(=O)[C@@H]1C[C@@H](O)CN1C(=O)C1(F)CC=CC=C1c1ccc(OCC2CCN(CC3(C(F)(F)F)CCC3)CC2)cc1. The van der Waals surface area contributed by atoms with Crippen molar-refractivity contribution in [3.05, 3.63) is 48.1 Å². The molecule has 4 aliphatic rings. The maximum absolute atomic E-state index is 16.4. The first-order valence-electron chi connectivity index (χ1n) is 14.3. The van der Waals surface area contributed by atoms with E-state index in [0.717, 1.165) is 17.7 Å². The predicted octanol–water partition coefficient (Wildman–Crippen LogP) is 4.01. The number of nitrogens with two attached hydrogens (primary N) is 1. The summed E-state index contributed by atoms with van der Waals surface area (Å²) in [7, 11) is 0. The molecule has 3 N–H and O–H groups in total. The third kappa shape index (κ3) is 5.88. The number of likely N-dealkylation sites (tertiary alicyclic amines) is 2. The van der Waals surface area contributed by atoms with Gasteiger partial charge in [0.05, 0.1) is 18.1 Å². The number of allylic oxidation sites excluding steroid dienone is 3. The molecule has 2 heterocycles. The number of β-amino-alcohol motifs (C(OH)–C–C–N with tert-alkyl or cyclic N) is 1. The zero-order chi connectivity index (χ0) is 29.4. The van der Waals surface area contributed by atoms with Gasteiger partial charge in [-0.05, 0) is 62.4 Å². The van der Waals surface area contributed by atoms with Gasteiger partial charge < -0.3 is 25.4 Å². The first-order valence-corrected chi connectivity index (χ1v) is 14.3. The number of primary amides is 1. The first kappa shape index (κ1) is 29.6. The summed E-state index contributed by atoms with van der Waals surface area (Å²) >= 11 is 0. The Bertz CT molecular complexity index is 1190.